The Labute approximate surface area is 219 Å². The van der Waals surface area contributed by atoms with Crippen LogP contribution in [0.3, 0.4) is 0 Å². The second-order valence-electron chi connectivity index (χ2n) is 11.0. The van der Waals surface area contributed by atoms with Crippen LogP contribution in [0.5, 0.6) is 0 Å². The van der Waals surface area contributed by atoms with E-state index in [4.69, 9.17) is 4.84 Å². The molecule has 0 atom stereocenters. The van der Waals surface area contributed by atoms with Crippen LogP contribution in [-0.2, 0) is 19.5 Å². The highest BCUT2D eigenvalue weighted by atomic mass is 32.2. The van der Waals surface area contributed by atoms with Crippen LogP contribution in [-0.4, -0.2) is 61.4 Å². The third-order valence-corrected chi connectivity index (χ3v) is 7.54. The number of anilines is 3. The smallest absolute Gasteiger partial charge is 0.330 e. The van der Waals surface area contributed by atoms with Crippen molar-refractivity contribution in [3.05, 3.63) is 35.9 Å². The third kappa shape index (κ3) is 7.38. The molecule has 0 radical (unpaired) electrons. The fourth-order valence-electron chi connectivity index (χ4n) is 4.07. The van der Waals surface area contributed by atoms with Gasteiger partial charge in [0.25, 0.3) is 0 Å². The maximum atomic E-state index is 14.7. The summed E-state index contributed by atoms with van der Waals surface area (Å²) in [5.74, 6) is 0.683. The highest BCUT2D eigenvalue weighted by molar-refractivity contribution is 7.90. The quantitative estimate of drug-likeness (QED) is 0.523. The molecule has 0 amide bonds. The number of rotatable bonds is 8. The largest absolute Gasteiger partial charge is 0.367 e. The summed E-state index contributed by atoms with van der Waals surface area (Å²) < 4.78 is 38.1. The number of nitrogens with zero attached hydrogens (tertiary/aromatic N) is 4. The van der Waals surface area contributed by atoms with Crippen LogP contribution in [0.4, 0.5) is 21.7 Å². The van der Waals surface area contributed by atoms with E-state index in [2.05, 4.69) is 34.0 Å². The molecule has 2 aromatic rings. The van der Waals surface area contributed by atoms with Crippen LogP contribution in [0.15, 0.2) is 29.4 Å². The van der Waals surface area contributed by atoms with E-state index in [1.807, 2.05) is 27.7 Å². The van der Waals surface area contributed by atoms with Crippen molar-refractivity contribution in [1.29, 1.82) is 0 Å². The molecule has 1 fully saturated rings. The molecule has 1 aromatic heterocycles. The molecule has 1 N–H and O–H groups in total. The van der Waals surface area contributed by atoms with Gasteiger partial charge in [-0.1, -0.05) is 0 Å². The number of benzene rings is 1. The number of sulfone groups is 1. The molecule has 0 bridgehead atoms. The first-order valence-electron chi connectivity index (χ1n) is 12.5. The molecule has 204 valence electrons. The van der Waals surface area contributed by atoms with Crippen molar-refractivity contribution in [3.8, 4) is 0 Å². The van der Waals surface area contributed by atoms with Crippen molar-refractivity contribution >= 4 is 33.1 Å². The highest BCUT2D eigenvalue weighted by Crippen LogP contribution is 2.30. The maximum absolute atomic E-state index is 14.7. The van der Waals surface area contributed by atoms with Crippen molar-refractivity contribution in [2.45, 2.75) is 65.3 Å². The molecule has 0 spiro atoms. The predicted molar refractivity (Wildman–Crippen MR) is 142 cm³/mol. The number of hydrogen-bond donors (Lipinski definition) is 1. The molecule has 9 nitrogen and oxygen atoms in total. The molecule has 1 aliphatic heterocycles. The van der Waals surface area contributed by atoms with E-state index >= 15 is 0 Å². The van der Waals surface area contributed by atoms with Gasteiger partial charge in [-0.3, -0.25) is 0 Å². The van der Waals surface area contributed by atoms with E-state index < -0.39 is 21.1 Å². The van der Waals surface area contributed by atoms with Crippen molar-refractivity contribution in [2.75, 3.05) is 36.1 Å². The van der Waals surface area contributed by atoms with E-state index in [-0.39, 0.29) is 22.6 Å². The summed E-state index contributed by atoms with van der Waals surface area (Å²) in [6, 6.07) is 3.92. The number of carbonyl (C=O) groups excluding carboxylic acids is 1. The summed E-state index contributed by atoms with van der Waals surface area (Å²) in [6.07, 6.45) is 4.25. The second kappa shape index (κ2) is 11.3. The van der Waals surface area contributed by atoms with Crippen molar-refractivity contribution in [2.24, 2.45) is 11.3 Å². The first-order chi connectivity index (χ1) is 17.2. The van der Waals surface area contributed by atoms with Gasteiger partial charge in [-0.25, -0.2) is 27.6 Å². The fraction of sp³-hybridized carbons (Fsp3) is 0.577. The molecule has 0 saturated carbocycles. The Morgan fingerprint density at radius 1 is 1.24 bits per heavy atom. The molecular formula is C26H38FN5O4S. The zero-order chi connectivity index (χ0) is 27.5. The van der Waals surface area contributed by atoms with Gasteiger partial charge < -0.3 is 15.1 Å². The number of halogens is 1. The Balaban J connectivity index is 1.72. The lowest BCUT2D eigenvalue weighted by Gasteiger charge is -2.37. The number of carbonyl (C=O) groups is 1. The second-order valence-corrected chi connectivity index (χ2v) is 13.0. The summed E-state index contributed by atoms with van der Waals surface area (Å²) in [4.78, 5) is 28.7. The van der Waals surface area contributed by atoms with Gasteiger partial charge in [0.15, 0.2) is 9.84 Å². The number of aromatic nitrogens is 2. The summed E-state index contributed by atoms with van der Waals surface area (Å²) in [6.45, 7) is 13.7. The number of nitrogens with one attached hydrogen (secondary N) is 1. The zero-order valence-electron chi connectivity index (χ0n) is 22.7. The molecule has 1 aromatic carbocycles. The van der Waals surface area contributed by atoms with Gasteiger partial charge in [0.1, 0.15) is 23.8 Å². The van der Waals surface area contributed by atoms with Gasteiger partial charge >= 0.3 is 5.97 Å². The minimum atomic E-state index is -3.51. The fourth-order valence-corrected chi connectivity index (χ4v) is 4.70. The van der Waals surface area contributed by atoms with E-state index in [0.717, 1.165) is 43.1 Å². The van der Waals surface area contributed by atoms with Gasteiger partial charge in [0.2, 0.25) is 0 Å². The standard InChI is InChI=1S/C26H38FN5O4S/c1-17(2)32(15-19-10-12-31(13-11-19)36-25(33)26(4,5)6)24-18(3)23(28-16-29-24)30-22-9-8-20(14-21(22)27)37(7,34)35/h8-9,14,16-17,19H,10-13,15H2,1-7H3,(H,28,29,30). The lowest BCUT2D eigenvalue weighted by atomic mass is 9.96. The van der Waals surface area contributed by atoms with E-state index in [1.165, 1.54) is 18.5 Å². The van der Waals surface area contributed by atoms with Crippen molar-refractivity contribution in [3.63, 3.8) is 0 Å². The number of hydrogen-bond acceptors (Lipinski definition) is 9. The van der Waals surface area contributed by atoms with Crippen LogP contribution < -0.4 is 10.2 Å². The van der Waals surface area contributed by atoms with Gasteiger partial charge in [0.05, 0.1) is 16.0 Å². The first kappa shape index (κ1) is 28.8. The predicted octanol–water partition coefficient (Wildman–Crippen LogP) is 4.50. The van der Waals surface area contributed by atoms with E-state index in [1.54, 1.807) is 5.06 Å². The zero-order valence-corrected chi connectivity index (χ0v) is 23.5. The summed E-state index contributed by atoms with van der Waals surface area (Å²) in [7, 11) is -3.51. The van der Waals surface area contributed by atoms with E-state index in [9.17, 15) is 17.6 Å². The maximum Gasteiger partial charge on any atom is 0.330 e. The van der Waals surface area contributed by atoms with Gasteiger partial charge in [0, 0.05) is 37.5 Å². The van der Waals surface area contributed by atoms with Crippen molar-refractivity contribution in [1.82, 2.24) is 15.0 Å². The SMILES string of the molecule is Cc1c(Nc2ccc(S(C)(=O)=O)cc2F)ncnc1N(CC1CCN(OC(=O)C(C)(C)C)CC1)C(C)C. The summed E-state index contributed by atoms with van der Waals surface area (Å²) in [5, 5.41) is 4.75. The molecule has 1 aliphatic rings. The summed E-state index contributed by atoms with van der Waals surface area (Å²) >= 11 is 0. The lowest BCUT2D eigenvalue weighted by molar-refractivity contribution is -0.205. The van der Waals surface area contributed by atoms with Crippen LogP contribution >= 0.6 is 0 Å². The minimum Gasteiger partial charge on any atom is -0.367 e. The molecular weight excluding hydrogens is 497 g/mol. The van der Waals surface area contributed by atoms with Gasteiger partial charge in [-0.15, -0.1) is 5.06 Å². The minimum absolute atomic E-state index is 0.0825. The number of hydroxylamine groups is 2. The normalized spacial score (nSPS) is 15.6. The molecule has 3 rings (SSSR count). The number of piperidine rings is 1. The Hall–Kier alpha value is -2.79. The Morgan fingerprint density at radius 3 is 2.43 bits per heavy atom. The van der Waals surface area contributed by atoms with Crippen LogP contribution in [0.25, 0.3) is 0 Å². The molecule has 37 heavy (non-hydrogen) atoms. The Kier molecular flexibility index (Phi) is 8.79. The average molecular weight is 536 g/mol. The summed E-state index contributed by atoms with van der Waals surface area (Å²) in [5.41, 5.74) is 0.355. The monoisotopic (exact) mass is 535 g/mol. The Morgan fingerprint density at radius 2 is 1.89 bits per heavy atom. The molecule has 1 saturated heterocycles. The molecule has 0 aliphatic carbocycles. The van der Waals surface area contributed by atoms with Crippen LogP contribution in [0.2, 0.25) is 0 Å². The van der Waals surface area contributed by atoms with Crippen LogP contribution in [0, 0.1) is 24.1 Å². The molecule has 0 unspecified atom stereocenters. The van der Waals surface area contributed by atoms with Crippen molar-refractivity contribution < 1.29 is 22.4 Å². The average Bonchev–Trinajstić information content (AvgIpc) is 2.80. The molecule has 11 heteroatoms. The van der Waals surface area contributed by atoms with Gasteiger partial charge in [-0.2, -0.15) is 0 Å². The van der Waals surface area contributed by atoms with E-state index in [0.29, 0.717) is 24.8 Å². The third-order valence-electron chi connectivity index (χ3n) is 6.43. The lowest BCUT2D eigenvalue weighted by Crippen LogP contribution is -2.43. The topological polar surface area (TPSA) is 105 Å². The first-order valence-corrected chi connectivity index (χ1v) is 14.4. The van der Waals surface area contributed by atoms with Crippen LogP contribution in [0.1, 0.15) is 53.0 Å². The highest BCUT2D eigenvalue weighted by Gasteiger charge is 2.30. The Bertz CT molecular complexity index is 1220. The molecule has 2 heterocycles. The van der Waals surface area contributed by atoms with Gasteiger partial charge in [-0.05, 0) is 78.5 Å².